The van der Waals surface area contributed by atoms with Crippen LogP contribution in [0.5, 0.6) is 0 Å². The van der Waals surface area contributed by atoms with Crippen LogP contribution in [0.1, 0.15) is 18.2 Å². The number of nitrogens with one attached hydrogen (secondary N) is 1. The summed E-state index contributed by atoms with van der Waals surface area (Å²) in [4.78, 5) is 2.28. The van der Waals surface area contributed by atoms with E-state index in [2.05, 4.69) is 23.7 Å². The highest BCUT2D eigenvalue weighted by Crippen LogP contribution is 2.12. The Kier molecular flexibility index (Phi) is 5.15. The van der Waals surface area contributed by atoms with Crippen LogP contribution in [-0.4, -0.2) is 25.0 Å². The van der Waals surface area contributed by atoms with Crippen LogP contribution in [0.2, 0.25) is 0 Å². The Hall–Kier alpha value is -1.06. The van der Waals surface area contributed by atoms with Crippen LogP contribution >= 0.6 is 0 Å². The van der Waals surface area contributed by atoms with Crippen LogP contribution in [0.3, 0.4) is 0 Å². The van der Waals surface area contributed by atoms with Crippen molar-refractivity contribution in [1.29, 1.82) is 0 Å². The molecule has 1 aromatic rings. The Morgan fingerprint density at radius 2 is 2.40 bits per heavy atom. The summed E-state index contributed by atoms with van der Waals surface area (Å²) >= 11 is 0. The van der Waals surface area contributed by atoms with Gasteiger partial charge in [0.25, 0.3) is 0 Å². The van der Waals surface area contributed by atoms with Crippen LogP contribution in [0.4, 0.5) is 0 Å². The topological polar surface area (TPSA) is 28.4 Å². The van der Waals surface area contributed by atoms with Gasteiger partial charge in [0.1, 0.15) is 5.76 Å². The van der Waals surface area contributed by atoms with Crippen molar-refractivity contribution in [2.75, 3.05) is 20.1 Å². The fourth-order valence-corrected chi connectivity index (χ4v) is 1.54. The summed E-state index contributed by atoms with van der Waals surface area (Å²) < 4.78 is 5.48. The van der Waals surface area contributed by atoms with Gasteiger partial charge in [-0.1, -0.05) is 13.0 Å². The van der Waals surface area contributed by atoms with E-state index in [0.717, 1.165) is 31.9 Å². The largest absolute Gasteiger partial charge is 0.468 e. The predicted molar refractivity (Wildman–Crippen MR) is 62.6 cm³/mol. The van der Waals surface area contributed by atoms with Crippen LogP contribution in [0, 0.1) is 0 Å². The fraction of sp³-hybridized carbons (Fsp3) is 0.500. The lowest BCUT2D eigenvalue weighted by Gasteiger charge is -2.17. The highest BCUT2D eigenvalue weighted by Gasteiger charge is 2.09. The smallest absolute Gasteiger partial charge is 0.122 e. The molecule has 0 aromatic carbocycles. The van der Waals surface area contributed by atoms with E-state index >= 15 is 0 Å². The second kappa shape index (κ2) is 6.43. The standard InChI is InChI=1S/C12H20N2O/c1-4-7-14(5-2)10-12-11(9-13-3)6-8-15-12/h4,6,8,13H,1,5,7,9-10H2,2-3H3. The third-order valence-corrected chi connectivity index (χ3v) is 2.41. The van der Waals surface area contributed by atoms with Gasteiger partial charge in [-0.05, 0) is 19.7 Å². The maximum absolute atomic E-state index is 5.48. The van der Waals surface area contributed by atoms with Gasteiger partial charge in [0, 0.05) is 18.7 Å². The Morgan fingerprint density at radius 3 is 3.00 bits per heavy atom. The zero-order chi connectivity index (χ0) is 11.1. The van der Waals surface area contributed by atoms with Crippen LogP contribution in [0.25, 0.3) is 0 Å². The molecule has 3 nitrogen and oxygen atoms in total. The van der Waals surface area contributed by atoms with Gasteiger partial charge in [0.05, 0.1) is 12.8 Å². The monoisotopic (exact) mass is 208 g/mol. The van der Waals surface area contributed by atoms with Crippen molar-refractivity contribution in [2.24, 2.45) is 0 Å². The lowest BCUT2D eigenvalue weighted by atomic mass is 10.2. The number of nitrogens with zero attached hydrogens (tertiary/aromatic N) is 1. The Labute approximate surface area is 91.8 Å². The van der Waals surface area contributed by atoms with Crippen molar-refractivity contribution >= 4 is 0 Å². The molecule has 0 aliphatic heterocycles. The van der Waals surface area contributed by atoms with Gasteiger partial charge in [-0.3, -0.25) is 4.90 Å². The molecule has 15 heavy (non-hydrogen) atoms. The third-order valence-electron chi connectivity index (χ3n) is 2.41. The lowest BCUT2D eigenvalue weighted by molar-refractivity contribution is 0.280. The van der Waals surface area contributed by atoms with Crippen molar-refractivity contribution in [3.63, 3.8) is 0 Å². The first-order chi connectivity index (χ1) is 7.31. The molecule has 0 spiro atoms. The quantitative estimate of drug-likeness (QED) is 0.695. The Bertz CT molecular complexity index is 294. The van der Waals surface area contributed by atoms with Gasteiger partial charge in [-0.2, -0.15) is 0 Å². The minimum absolute atomic E-state index is 0.854. The first kappa shape index (κ1) is 12.0. The van der Waals surface area contributed by atoms with E-state index in [1.165, 1.54) is 5.56 Å². The maximum atomic E-state index is 5.48. The van der Waals surface area contributed by atoms with E-state index in [-0.39, 0.29) is 0 Å². The highest BCUT2D eigenvalue weighted by atomic mass is 16.3. The zero-order valence-electron chi connectivity index (χ0n) is 9.62. The van der Waals surface area contributed by atoms with Gasteiger partial charge < -0.3 is 9.73 Å². The molecule has 3 heteroatoms. The molecule has 84 valence electrons. The summed E-state index contributed by atoms with van der Waals surface area (Å²) in [6.07, 6.45) is 3.67. The summed E-state index contributed by atoms with van der Waals surface area (Å²) in [7, 11) is 1.94. The first-order valence-corrected chi connectivity index (χ1v) is 5.34. The molecule has 0 fully saturated rings. The summed E-state index contributed by atoms with van der Waals surface area (Å²) in [6, 6.07) is 2.02. The van der Waals surface area contributed by atoms with Gasteiger partial charge >= 0.3 is 0 Å². The summed E-state index contributed by atoms with van der Waals surface area (Å²) in [5, 5.41) is 3.14. The predicted octanol–water partition coefficient (Wildman–Crippen LogP) is 2.01. The maximum Gasteiger partial charge on any atom is 0.122 e. The number of furan rings is 1. The highest BCUT2D eigenvalue weighted by molar-refractivity contribution is 5.16. The average Bonchev–Trinajstić information content (AvgIpc) is 2.66. The molecule has 0 saturated heterocycles. The van der Waals surface area contributed by atoms with Crippen LogP contribution in [-0.2, 0) is 13.1 Å². The molecular formula is C12H20N2O. The molecule has 0 aliphatic rings. The number of hydrogen-bond donors (Lipinski definition) is 1. The number of hydrogen-bond acceptors (Lipinski definition) is 3. The molecule has 1 rings (SSSR count). The van der Waals surface area contributed by atoms with E-state index < -0.39 is 0 Å². The molecule has 0 saturated carbocycles. The van der Waals surface area contributed by atoms with Crippen molar-refractivity contribution in [1.82, 2.24) is 10.2 Å². The van der Waals surface area contributed by atoms with Gasteiger partial charge in [0.2, 0.25) is 0 Å². The van der Waals surface area contributed by atoms with E-state index in [1.807, 2.05) is 19.2 Å². The number of rotatable bonds is 7. The molecule has 1 aromatic heterocycles. The van der Waals surface area contributed by atoms with Crippen molar-refractivity contribution in [3.8, 4) is 0 Å². The Morgan fingerprint density at radius 1 is 1.60 bits per heavy atom. The average molecular weight is 208 g/mol. The Balaban J connectivity index is 2.60. The van der Waals surface area contributed by atoms with Gasteiger partial charge in [0.15, 0.2) is 0 Å². The zero-order valence-corrected chi connectivity index (χ0v) is 9.62. The third kappa shape index (κ3) is 3.53. The van der Waals surface area contributed by atoms with Gasteiger partial charge in [-0.15, -0.1) is 6.58 Å². The molecule has 0 atom stereocenters. The lowest BCUT2D eigenvalue weighted by Crippen LogP contribution is -2.23. The van der Waals surface area contributed by atoms with E-state index in [1.54, 1.807) is 6.26 Å². The molecule has 0 bridgehead atoms. The minimum Gasteiger partial charge on any atom is -0.468 e. The second-order valence-corrected chi connectivity index (χ2v) is 3.52. The molecule has 0 unspecified atom stereocenters. The van der Waals surface area contributed by atoms with Crippen LogP contribution in [0.15, 0.2) is 29.4 Å². The first-order valence-electron chi connectivity index (χ1n) is 5.34. The molecule has 1 heterocycles. The van der Waals surface area contributed by atoms with Crippen LogP contribution < -0.4 is 5.32 Å². The molecule has 1 N–H and O–H groups in total. The molecular weight excluding hydrogens is 188 g/mol. The molecule has 0 amide bonds. The van der Waals surface area contributed by atoms with Crippen molar-refractivity contribution < 1.29 is 4.42 Å². The minimum atomic E-state index is 0.854. The summed E-state index contributed by atoms with van der Waals surface area (Å²) in [5.74, 6) is 1.05. The fourth-order valence-electron chi connectivity index (χ4n) is 1.54. The van der Waals surface area contributed by atoms with E-state index in [4.69, 9.17) is 4.42 Å². The summed E-state index contributed by atoms with van der Waals surface area (Å²) in [5.41, 5.74) is 1.24. The molecule has 0 aliphatic carbocycles. The summed E-state index contributed by atoms with van der Waals surface area (Å²) in [6.45, 7) is 9.51. The van der Waals surface area contributed by atoms with E-state index in [9.17, 15) is 0 Å². The van der Waals surface area contributed by atoms with Crippen molar-refractivity contribution in [3.05, 3.63) is 36.3 Å². The van der Waals surface area contributed by atoms with Gasteiger partial charge in [-0.25, -0.2) is 0 Å². The normalized spacial score (nSPS) is 10.9. The SMILES string of the molecule is C=CCN(CC)Cc1occc1CNC. The van der Waals surface area contributed by atoms with E-state index in [0.29, 0.717) is 0 Å². The van der Waals surface area contributed by atoms with Crippen molar-refractivity contribution in [2.45, 2.75) is 20.0 Å². The number of likely N-dealkylation sites (N-methyl/N-ethyl adjacent to an activating group) is 1. The molecule has 0 radical (unpaired) electrons. The second-order valence-electron chi connectivity index (χ2n) is 3.52.